The predicted molar refractivity (Wildman–Crippen MR) is 114 cm³/mol. The number of nitro benzene ring substituents is 1. The van der Waals surface area contributed by atoms with E-state index in [0.717, 1.165) is 42.5 Å². The van der Waals surface area contributed by atoms with Gasteiger partial charge in [0.05, 0.1) is 10.5 Å². The zero-order chi connectivity index (χ0) is 21.0. The summed E-state index contributed by atoms with van der Waals surface area (Å²) in [7, 11) is 0. The monoisotopic (exact) mass is 413 g/mol. The summed E-state index contributed by atoms with van der Waals surface area (Å²) < 4.78 is 0. The SMILES string of the molecule is CCCC1CCc2c(sc(NC(=O)/C=C/c3ccc([N+](=O)[O-])cc3)c2C(N)=O)C1. The minimum Gasteiger partial charge on any atom is -0.365 e. The van der Waals surface area contributed by atoms with Crippen LogP contribution in [0.2, 0.25) is 0 Å². The number of carbonyl (C=O) groups excluding carboxylic acids is 2. The first-order valence-corrected chi connectivity index (χ1v) is 10.4. The zero-order valence-corrected chi connectivity index (χ0v) is 17.0. The van der Waals surface area contributed by atoms with Gasteiger partial charge in [0.15, 0.2) is 0 Å². The molecule has 1 aromatic carbocycles. The molecule has 3 N–H and O–H groups in total. The van der Waals surface area contributed by atoms with E-state index in [2.05, 4.69) is 12.2 Å². The Morgan fingerprint density at radius 3 is 2.69 bits per heavy atom. The van der Waals surface area contributed by atoms with Crippen LogP contribution in [-0.4, -0.2) is 16.7 Å². The molecule has 0 spiro atoms. The Morgan fingerprint density at radius 1 is 1.34 bits per heavy atom. The maximum absolute atomic E-state index is 12.4. The van der Waals surface area contributed by atoms with Crippen molar-refractivity contribution in [2.24, 2.45) is 11.7 Å². The molecule has 152 valence electrons. The van der Waals surface area contributed by atoms with Crippen LogP contribution in [-0.2, 0) is 17.6 Å². The van der Waals surface area contributed by atoms with Crippen LogP contribution < -0.4 is 11.1 Å². The van der Waals surface area contributed by atoms with Gasteiger partial charge in [-0.15, -0.1) is 11.3 Å². The summed E-state index contributed by atoms with van der Waals surface area (Å²) in [6.07, 6.45) is 7.95. The van der Waals surface area contributed by atoms with E-state index < -0.39 is 10.8 Å². The fraction of sp³-hybridized carbons (Fsp3) is 0.333. The van der Waals surface area contributed by atoms with Crippen LogP contribution in [0.5, 0.6) is 0 Å². The van der Waals surface area contributed by atoms with Crippen LogP contribution in [0, 0.1) is 16.0 Å². The first kappa shape index (κ1) is 20.7. The molecule has 3 rings (SSSR count). The standard InChI is InChI=1S/C21H23N3O4S/c1-2-3-14-6-10-16-17(12-14)29-21(19(16)20(22)26)23-18(25)11-7-13-4-8-15(9-5-13)24(27)28/h4-5,7-9,11,14H,2-3,6,10,12H2,1H3,(H2,22,26)(H,23,25)/b11-7+. The zero-order valence-electron chi connectivity index (χ0n) is 16.1. The Kier molecular flexibility index (Phi) is 6.43. The molecule has 0 radical (unpaired) electrons. The van der Waals surface area contributed by atoms with E-state index in [1.807, 2.05) is 0 Å². The predicted octanol–water partition coefficient (Wildman–Crippen LogP) is 4.31. The molecule has 0 bridgehead atoms. The number of thiophene rings is 1. The fourth-order valence-electron chi connectivity index (χ4n) is 3.69. The Hall–Kier alpha value is -3.00. The number of hydrogen-bond acceptors (Lipinski definition) is 5. The van der Waals surface area contributed by atoms with Crippen LogP contribution in [0.4, 0.5) is 10.7 Å². The highest BCUT2D eigenvalue weighted by Crippen LogP contribution is 2.40. The number of benzene rings is 1. The minimum absolute atomic E-state index is 0.0109. The average Bonchev–Trinajstić information content (AvgIpc) is 3.04. The summed E-state index contributed by atoms with van der Waals surface area (Å²) in [6, 6.07) is 5.88. The third-order valence-corrected chi connectivity index (χ3v) is 6.25. The summed E-state index contributed by atoms with van der Waals surface area (Å²) in [5.41, 5.74) is 7.65. The van der Waals surface area contributed by atoms with Gasteiger partial charge in [-0.25, -0.2) is 0 Å². The van der Waals surface area contributed by atoms with E-state index in [1.165, 1.54) is 29.5 Å². The second kappa shape index (κ2) is 9.00. The number of nitro groups is 1. The summed E-state index contributed by atoms with van der Waals surface area (Å²) >= 11 is 1.43. The lowest BCUT2D eigenvalue weighted by Crippen LogP contribution is -2.19. The molecule has 1 aromatic heterocycles. The van der Waals surface area contributed by atoms with E-state index in [1.54, 1.807) is 18.2 Å². The van der Waals surface area contributed by atoms with Gasteiger partial charge in [-0.2, -0.15) is 0 Å². The highest BCUT2D eigenvalue weighted by atomic mass is 32.1. The maximum atomic E-state index is 12.4. The van der Waals surface area contributed by atoms with Crippen LogP contribution in [0.15, 0.2) is 30.3 Å². The van der Waals surface area contributed by atoms with Gasteiger partial charge in [-0.05, 0) is 54.5 Å². The number of nitrogens with one attached hydrogen (secondary N) is 1. The molecular formula is C21H23N3O4S. The van der Waals surface area contributed by atoms with Crippen molar-refractivity contribution in [3.8, 4) is 0 Å². The van der Waals surface area contributed by atoms with Gasteiger partial charge in [-0.3, -0.25) is 19.7 Å². The number of carbonyl (C=O) groups is 2. The molecule has 2 aromatic rings. The summed E-state index contributed by atoms with van der Waals surface area (Å²) in [6.45, 7) is 2.17. The van der Waals surface area contributed by atoms with Gasteiger partial charge in [-0.1, -0.05) is 19.8 Å². The largest absolute Gasteiger partial charge is 0.365 e. The minimum atomic E-state index is -0.522. The molecule has 29 heavy (non-hydrogen) atoms. The highest BCUT2D eigenvalue weighted by molar-refractivity contribution is 7.17. The third kappa shape index (κ3) is 4.89. The number of nitrogens with two attached hydrogens (primary N) is 1. The maximum Gasteiger partial charge on any atom is 0.269 e. The normalized spacial score (nSPS) is 15.8. The molecule has 1 aliphatic rings. The third-order valence-electron chi connectivity index (χ3n) is 5.08. The second-order valence-corrected chi connectivity index (χ2v) is 8.25. The Labute approximate surface area is 172 Å². The molecule has 0 aliphatic heterocycles. The number of nitrogens with zero attached hydrogens (tertiary/aromatic N) is 1. The van der Waals surface area contributed by atoms with Crippen molar-refractivity contribution in [1.82, 2.24) is 0 Å². The van der Waals surface area contributed by atoms with Crippen molar-refractivity contribution >= 4 is 39.9 Å². The van der Waals surface area contributed by atoms with E-state index >= 15 is 0 Å². The number of non-ortho nitro benzene ring substituents is 1. The van der Waals surface area contributed by atoms with Crippen molar-refractivity contribution in [2.45, 2.75) is 39.0 Å². The van der Waals surface area contributed by atoms with E-state index in [0.29, 0.717) is 22.0 Å². The molecule has 0 fully saturated rings. The van der Waals surface area contributed by atoms with E-state index in [9.17, 15) is 19.7 Å². The van der Waals surface area contributed by atoms with Crippen LogP contribution in [0.3, 0.4) is 0 Å². The molecule has 8 heteroatoms. The molecule has 0 saturated carbocycles. The van der Waals surface area contributed by atoms with Gasteiger partial charge in [0, 0.05) is 23.1 Å². The van der Waals surface area contributed by atoms with E-state index in [4.69, 9.17) is 5.73 Å². The smallest absolute Gasteiger partial charge is 0.269 e. The Morgan fingerprint density at radius 2 is 2.07 bits per heavy atom. The fourth-order valence-corrected chi connectivity index (χ4v) is 5.06. The molecule has 7 nitrogen and oxygen atoms in total. The molecule has 0 saturated heterocycles. The first-order chi connectivity index (χ1) is 13.9. The van der Waals surface area contributed by atoms with Gasteiger partial charge in [0.2, 0.25) is 5.91 Å². The van der Waals surface area contributed by atoms with Gasteiger partial charge in [0.25, 0.3) is 11.6 Å². The molecule has 1 heterocycles. The lowest BCUT2D eigenvalue weighted by molar-refractivity contribution is -0.384. The lowest BCUT2D eigenvalue weighted by Gasteiger charge is -2.21. The molecule has 1 atom stereocenters. The van der Waals surface area contributed by atoms with Crippen LogP contribution in [0.1, 0.15) is 52.5 Å². The number of fused-ring (bicyclic) bond motifs is 1. The molecular weight excluding hydrogens is 390 g/mol. The highest BCUT2D eigenvalue weighted by Gasteiger charge is 2.28. The van der Waals surface area contributed by atoms with Crippen molar-refractivity contribution in [2.75, 3.05) is 5.32 Å². The van der Waals surface area contributed by atoms with Crippen LogP contribution in [0.25, 0.3) is 6.08 Å². The molecule has 1 aliphatic carbocycles. The summed E-state index contributed by atoms with van der Waals surface area (Å²) in [4.78, 5) is 35.7. The Bertz CT molecular complexity index is 963. The van der Waals surface area contributed by atoms with Crippen molar-refractivity contribution in [1.29, 1.82) is 0 Å². The number of primary amides is 1. The summed E-state index contributed by atoms with van der Waals surface area (Å²) in [5.74, 6) is -0.293. The van der Waals surface area contributed by atoms with E-state index in [-0.39, 0.29) is 11.6 Å². The number of rotatable bonds is 7. The van der Waals surface area contributed by atoms with Crippen molar-refractivity contribution < 1.29 is 14.5 Å². The topological polar surface area (TPSA) is 115 Å². The summed E-state index contributed by atoms with van der Waals surface area (Å²) in [5, 5.41) is 14.0. The quantitative estimate of drug-likeness (QED) is 0.400. The number of amides is 2. The first-order valence-electron chi connectivity index (χ1n) is 9.56. The number of anilines is 1. The van der Waals surface area contributed by atoms with Gasteiger partial charge in [0.1, 0.15) is 5.00 Å². The molecule has 1 unspecified atom stereocenters. The second-order valence-electron chi connectivity index (χ2n) is 7.14. The average molecular weight is 413 g/mol. The van der Waals surface area contributed by atoms with Gasteiger partial charge < -0.3 is 11.1 Å². The molecule has 2 amide bonds. The lowest BCUT2D eigenvalue weighted by atomic mass is 9.84. The van der Waals surface area contributed by atoms with Gasteiger partial charge >= 0.3 is 0 Å². The van der Waals surface area contributed by atoms with Crippen LogP contribution >= 0.6 is 11.3 Å². The van der Waals surface area contributed by atoms with Crippen molar-refractivity contribution in [3.05, 3.63) is 62.0 Å². The number of hydrogen-bond donors (Lipinski definition) is 2. The van der Waals surface area contributed by atoms with Crippen molar-refractivity contribution in [3.63, 3.8) is 0 Å². The Balaban J connectivity index is 1.74.